The highest BCUT2D eigenvalue weighted by Gasteiger charge is 2.29. The van der Waals surface area contributed by atoms with Crippen molar-refractivity contribution in [1.82, 2.24) is 14.5 Å². The first kappa shape index (κ1) is 22.7. The molecule has 3 aromatic heterocycles. The first-order valence-corrected chi connectivity index (χ1v) is 13.2. The third kappa shape index (κ3) is 4.02. The number of hydrogen-bond donors (Lipinski definition) is 1. The molecule has 36 heavy (non-hydrogen) atoms. The number of nitrogens with zero attached hydrogens (tertiary/aromatic N) is 3. The summed E-state index contributed by atoms with van der Waals surface area (Å²) in [5, 5.41) is 0.796. The van der Waals surface area contributed by atoms with Crippen LogP contribution in [0.2, 0.25) is 0 Å². The van der Waals surface area contributed by atoms with E-state index in [1.54, 1.807) is 30.0 Å². The third-order valence-corrected chi connectivity index (χ3v) is 7.60. The summed E-state index contributed by atoms with van der Waals surface area (Å²) in [4.78, 5) is 23.3. The van der Waals surface area contributed by atoms with Gasteiger partial charge in [-0.25, -0.2) is 9.97 Å². The zero-order valence-corrected chi connectivity index (χ0v) is 20.5. The molecule has 0 aliphatic heterocycles. The fraction of sp³-hybridized carbons (Fsp3) is 0.208. The van der Waals surface area contributed by atoms with Crippen LogP contribution in [-0.2, 0) is 16.9 Å². The average molecular weight is 526 g/mol. The molecular weight excluding hydrogens is 506 g/mol. The lowest BCUT2D eigenvalue weighted by atomic mass is 10.0. The zero-order valence-electron chi connectivity index (χ0n) is 18.9. The number of ether oxygens (including phenoxy) is 1. The van der Waals surface area contributed by atoms with Gasteiger partial charge in [0.2, 0.25) is 0 Å². The number of thiophene rings is 1. The largest absolute Gasteiger partial charge is 0.497 e. The molecule has 1 N–H and O–H groups in total. The normalized spacial score (nSPS) is 13.9. The van der Waals surface area contributed by atoms with Crippen molar-refractivity contribution in [2.45, 2.75) is 25.3 Å². The van der Waals surface area contributed by atoms with E-state index in [0.29, 0.717) is 37.8 Å². The third-order valence-electron chi connectivity index (χ3n) is 6.09. The molecule has 1 saturated carbocycles. The molecular formula is C24H19N3O7S2. The molecule has 3 heterocycles. The highest BCUT2D eigenvalue weighted by Crippen LogP contribution is 2.46. The van der Waals surface area contributed by atoms with E-state index in [1.165, 1.54) is 12.5 Å². The SMILES string of the molecule is COc1ccc(-c2nc3sc4c(OS(=O)(=O)O)cccc4c3c(=O)n2Cc2cnco2)c(C2CC2)c1. The molecule has 0 spiro atoms. The van der Waals surface area contributed by atoms with Crippen LogP contribution in [0.15, 0.2) is 58.2 Å². The van der Waals surface area contributed by atoms with Crippen molar-refractivity contribution in [2.24, 2.45) is 0 Å². The lowest BCUT2D eigenvalue weighted by Gasteiger charge is -2.15. The summed E-state index contributed by atoms with van der Waals surface area (Å²) >= 11 is 1.12. The minimum atomic E-state index is -4.75. The molecule has 0 unspecified atom stereocenters. The van der Waals surface area contributed by atoms with E-state index in [0.717, 1.165) is 41.1 Å². The summed E-state index contributed by atoms with van der Waals surface area (Å²) < 4.78 is 49.5. The Morgan fingerprint density at radius 3 is 2.78 bits per heavy atom. The second-order valence-corrected chi connectivity index (χ2v) is 10.5. The Labute approximate surface area is 208 Å². The van der Waals surface area contributed by atoms with Crippen molar-refractivity contribution in [1.29, 1.82) is 0 Å². The van der Waals surface area contributed by atoms with Gasteiger partial charge in [-0.1, -0.05) is 12.1 Å². The smallest absolute Gasteiger partial charge is 0.446 e. The van der Waals surface area contributed by atoms with E-state index in [2.05, 4.69) is 4.98 Å². The van der Waals surface area contributed by atoms with Crippen molar-refractivity contribution < 1.29 is 26.3 Å². The molecule has 184 valence electrons. The molecule has 0 saturated heterocycles. The van der Waals surface area contributed by atoms with Crippen LogP contribution >= 0.6 is 11.3 Å². The highest BCUT2D eigenvalue weighted by molar-refractivity contribution is 7.81. The van der Waals surface area contributed by atoms with E-state index >= 15 is 0 Å². The molecule has 1 fully saturated rings. The van der Waals surface area contributed by atoms with E-state index in [4.69, 9.17) is 18.3 Å². The van der Waals surface area contributed by atoms with Crippen LogP contribution in [0.25, 0.3) is 31.7 Å². The summed E-state index contributed by atoms with van der Waals surface area (Å²) in [6.07, 6.45) is 4.91. The lowest BCUT2D eigenvalue weighted by molar-refractivity contribution is 0.388. The molecule has 0 amide bonds. The number of rotatable bonds is 7. The Hall–Kier alpha value is -3.74. The van der Waals surface area contributed by atoms with Crippen molar-refractivity contribution in [3.63, 3.8) is 0 Å². The molecule has 0 atom stereocenters. The maximum Gasteiger partial charge on any atom is 0.446 e. The fourth-order valence-corrected chi connectivity index (χ4v) is 5.90. The first-order chi connectivity index (χ1) is 17.3. The minimum absolute atomic E-state index is 0.0798. The monoisotopic (exact) mass is 525 g/mol. The van der Waals surface area contributed by atoms with Crippen LogP contribution in [-0.4, -0.2) is 34.6 Å². The van der Waals surface area contributed by atoms with Crippen LogP contribution in [0.3, 0.4) is 0 Å². The van der Waals surface area contributed by atoms with Crippen LogP contribution < -0.4 is 14.5 Å². The Morgan fingerprint density at radius 1 is 1.25 bits per heavy atom. The fourth-order valence-electron chi connectivity index (χ4n) is 4.36. The molecule has 6 rings (SSSR count). The Balaban J connectivity index is 1.65. The first-order valence-electron chi connectivity index (χ1n) is 11.0. The number of oxazole rings is 1. The average Bonchev–Trinajstić information content (AvgIpc) is 3.42. The summed E-state index contributed by atoms with van der Waals surface area (Å²) in [6.45, 7) is 0.103. The van der Waals surface area contributed by atoms with Gasteiger partial charge in [-0.2, -0.15) is 8.42 Å². The van der Waals surface area contributed by atoms with Crippen molar-refractivity contribution >= 4 is 42.0 Å². The van der Waals surface area contributed by atoms with Gasteiger partial charge >= 0.3 is 10.4 Å². The van der Waals surface area contributed by atoms with Crippen LogP contribution in [0.4, 0.5) is 0 Å². The van der Waals surface area contributed by atoms with Gasteiger partial charge in [0, 0.05) is 10.9 Å². The molecule has 12 heteroatoms. The molecule has 10 nitrogen and oxygen atoms in total. The van der Waals surface area contributed by atoms with E-state index in [-0.39, 0.29) is 17.9 Å². The van der Waals surface area contributed by atoms with Gasteiger partial charge < -0.3 is 13.3 Å². The Bertz CT molecular complexity index is 1790. The van der Waals surface area contributed by atoms with E-state index in [9.17, 15) is 17.8 Å². The summed E-state index contributed by atoms with van der Waals surface area (Å²) in [5.41, 5.74) is 1.53. The second-order valence-electron chi connectivity index (χ2n) is 8.45. The maximum atomic E-state index is 14.0. The van der Waals surface area contributed by atoms with E-state index in [1.807, 2.05) is 18.2 Å². The quantitative estimate of drug-likeness (QED) is 0.307. The number of hydrogen-bond acceptors (Lipinski definition) is 9. The van der Waals surface area contributed by atoms with Gasteiger partial charge in [0.15, 0.2) is 12.1 Å². The van der Waals surface area contributed by atoms with Gasteiger partial charge in [0.1, 0.15) is 22.2 Å². The summed E-state index contributed by atoms with van der Waals surface area (Å²) in [6, 6.07) is 10.4. The Kier molecular flexibility index (Phi) is 5.32. The minimum Gasteiger partial charge on any atom is -0.497 e. The van der Waals surface area contributed by atoms with Crippen molar-refractivity contribution in [3.8, 4) is 22.9 Å². The van der Waals surface area contributed by atoms with Gasteiger partial charge in [-0.3, -0.25) is 13.9 Å². The van der Waals surface area contributed by atoms with Gasteiger partial charge in [0.25, 0.3) is 5.56 Å². The lowest BCUT2D eigenvalue weighted by Crippen LogP contribution is -2.24. The van der Waals surface area contributed by atoms with Gasteiger partial charge in [-0.15, -0.1) is 11.3 Å². The van der Waals surface area contributed by atoms with Gasteiger partial charge in [-0.05, 0) is 48.6 Å². The Morgan fingerprint density at radius 2 is 2.08 bits per heavy atom. The zero-order chi connectivity index (χ0) is 25.0. The van der Waals surface area contributed by atoms with Crippen molar-refractivity contribution in [2.75, 3.05) is 7.11 Å². The number of aromatic nitrogens is 3. The second kappa shape index (κ2) is 8.43. The molecule has 2 aromatic carbocycles. The van der Waals surface area contributed by atoms with Crippen LogP contribution in [0.5, 0.6) is 11.5 Å². The number of benzene rings is 2. The topological polar surface area (TPSA) is 134 Å². The molecule has 1 aliphatic rings. The maximum absolute atomic E-state index is 14.0. The predicted octanol–water partition coefficient (Wildman–Crippen LogP) is 4.38. The van der Waals surface area contributed by atoms with E-state index < -0.39 is 10.4 Å². The predicted molar refractivity (Wildman–Crippen MR) is 133 cm³/mol. The van der Waals surface area contributed by atoms with Crippen LogP contribution in [0.1, 0.15) is 30.1 Å². The molecule has 0 radical (unpaired) electrons. The standard InChI is InChI=1S/C24H19N3O7S2/c1-32-14-7-8-16(18(9-14)13-5-6-13)22-26-23-20(24(28)27(22)11-15-10-25-12-33-15)17-3-2-4-19(21(17)35-23)34-36(29,30)31/h2-4,7-10,12-13H,5-6,11H2,1H3,(H,29,30,31). The number of fused-ring (bicyclic) bond motifs is 3. The van der Waals surface area contributed by atoms with Crippen LogP contribution in [0, 0.1) is 0 Å². The summed E-state index contributed by atoms with van der Waals surface area (Å²) in [7, 11) is -3.14. The van der Waals surface area contributed by atoms with Crippen molar-refractivity contribution in [3.05, 3.63) is 70.7 Å². The molecule has 5 aromatic rings. The molecule has 1 aliphatic carbocycles. The summed E-state index contributed by atoms with van der Waals surface area (Å²) in [5.74, 6) is 1.93. The highest BCUT2D eigenvalue weighted by atomic mass is 32.3. The molecule has 0 bridgehead atoms. The number of methoxy groups -OCH3 is 1. The van der Waals surface area contributed by atoms with Gasteiger partial charge in [0.05, 0.1) is 29.9 Å².